The molecule has 0 radical (unpaired) electrons. The summed E-state index contributed by atoms with van der Waals surface area (Å²) in [6, 6.07) is 10.4. The second-order valence-corrected chi connectivity index (χ2v) is 9.85. The van der Waals surface area contributed by atoms with Crippen molar-refractivity contribution in [3.05, 3.63) is 47.7 Å². The Labute approximate surface area is 186 Å². The van der Waals surface area contributed by atoms with Gasteiger partial charge in [0, 0.05) is 39.5 Å². The Morgan fingerprint density at radius 1 is 1.23 bits per heavy atom. The first-order chi connectivity index (χ1) is 15.3. The van der Waals surface area contributed by atoms with Gasteiger partial charge in [0.1, 0.15) is 16.2 Å². The van der Waals surface area contributed by atoms with Crippen LogP contribution in [0.1, 0.15) is 17.7 Å². The molecule has 0 saturated carbocycles. The maximum absolute atomic E-state index is 5.95. The lowest BCUT2D eigenvalue weighted by molar-refractivity contribution is 0.0953. The lowest BCUT2D eigenvalue weighted by Gasteiger charge is -2.14. The second-order valence-electron chi connectivity index (χ2n) is 7.66. The standard InChI is InChI=1S/C22H20N6OS2/c1-13-9-16-20(30-13)24-12-25-21(16)31-22-27-26-19(28(22)11-14-5-4-8-29-14)17-10-23-18-7-3-2-6-15(17)18/h2-3,6-7,9-10,12,14,23H,4-5,8,11H2,1H3. The van der Waals surface area contributed by atoms with Crippen LogP contribution in [0.25, 0.3) is 32.5 Å². The van der Waals surface area contributed by atoms with Crippen molar-refractivity contribution in [2.75, 3.05) is 6.61 Å². The van der Waals surface area contributed by atoms with E-state index in [9.17, 15) is 0 Å². The fourth-order valence-corrected chi connectivity index (χ4v) is 5.90. The first-order valence-electron chi connectivity index (χ1n) is 10.3. The number of benzene rings is 1. The van der Waals surface area contributed by atoms with Gasteiger partial charge >= 0.3 is 0 Å². The third-order valence-corrected chi connectivity index (χ3v) is 7.52. The molecule has 156 valence electrons. The minimum atomic E-state index is 0.174. The Bertz CT molecular complexity index is 1380. The van der Waals surface area contributed by atoms with Crippen LogP contribution in [0.5, 0.6) is 0 Å². The zero-order valence-electron chi connectivity index (χ0n) is 16.9. The molecule has 0 amide bonds. The van der Waals surface area contributed by atoms with Crippen LogP contribution in [-0.4, -0.2) is 42.4 Å². The summed E-state index contributed by atoms with van der Waals surface area (Å²) in [4.78, 5) is 14.5. The Hall–Kier alpha value is -2.75. The van der Waals surface area contributed by atoms with Crippen LogP contribution in [0.2, 0.25) is 0 Å². The van der Waals surface area contributed by atoms with Gasteiger partial charge in [-0.25, -0.2) is 9.97 Å². The normalized spacial score (nSPS) is 16.6. The molecule has 9 heteroatoms. The lowest BCUT2D eigenvalue weighted by Crippen LogP contribution is -2.16. The largest absolute Gasteiger partial charge is 0.376 e. The average molecular weight is 449 g/mol. The van der Waals surface area contributed by atoms with Crippen LogP contribution in [0.15, 0.2) is 53.0 Å². The van der Waals surface area contributed by atoms with Crippen molar-refractivity contribution in [2.24, 2.45) is 0 Å². The van der Waals surface area contributed by atoms with Gasteiger partial charge in [-0.1, -0.05) is 18.2 Å². The van der Waals surface area contributed by atoms with E-state index in [0.717, 1.165) is 68.7 Å². The van der Waals surface area contributed by atoms with E-state index in [1.54, 1.807) is 29.4 Å². The molecule has 1 aliphatic rings. The molecule has 1 fully saturated rings. The van der Waals surface area contributed by atoms with E-state index in [1.807, 2.05) is 18.3 Å². The van der Waals surface area contributed by atoms with E-state index < -0.39 is 0 Å². The highest BCUT2D eigenvalue weighted by Crippen LogP contribution is 2.36. The SMILES string of the molecule is Cc1cc2c(Sc3nnc(-c4c[nH]c5ccccc45)n3CC3CCCO3)ncnc2s1. The molecule has 5 heterocycles. The van der Waals surface area contributed by atoms with Crippen molar-refractivity contribution in [1.29, 1.82) is 0 Å². The molecule has 7 nitrogen and oxygen atoms in total. The number of aromatic amines is 1. The number of hydrogen-bond donors (Lipinski definition) is 1. The van der Waals surface area contributed by atoms with Gasteiger partial charge in [-0.2, -0.15) is 0 Å². The van der Waals surface area contributed by atoms with Gasteiger partial charge in [0.25, 0.3) is 0 Å². The number of rotatable bonds is 5. The van der Waals surface area contributed by atoms with E-state index in [2.05, 4.69) is 54.8 Å². The third-order valence-electron chi connectivity index (χ3n) is 5.56. The maximum Gasteiger partial charge on any atom is 0.197 e. The Morgan fingerprint density at radius 2 is 2.16 bits per heavy atom. The molecule has 6 rings (SSSR count). The van der Waals surface area contributed by atoms with Crippen LogP contribution in [0.4, 0.5) is 0 Å². The van der Waals surface area contributed by atoms with E-state index in [0.29, 0.717) is 0 Å². The van der Waals surface area contributed by atoms with Gasteiger partial charge in [-0.3, -0.25) is 4.57 Å². The fraction of sp³-hybridized carbons (Fsp3) is 0.273. The van der Waals surface area contributed by atoms with E-state index in [1.165, 1.54) is 4.88 Å². The summed E-state index contributed by atoms with van der Waals surface area (Å²) in [7, 11) is 0. The Morgan fingerprint density at radius 3 is 3.06 bits per heavy atom. The number of aromatic nitrogens is 6. The van der Waals surface area contributed by atoms with Gasteiger partial charge in [0.05, 0.1) is 12.6 Å². The fourth-order valence-electron chi connectivity index (χ4n) is 4.10. The highest BCUT2D eigenvalue weighted by Gasteiger charge is 2.24. The number of nitrogens with zero attached hydrogens (tertiary/aromatic N) is 5. The Kier molecular flexibility index (Phi) is 4.74. The number of thiophene rings is 1. The number of para-hydroxylation sites is 1. The summed E-state index contributed by atoms with van der Waals surface area (Å²) in [5.41, 5.74) is 2.14. The van der Waals surface area contributed by atoms with E-state index >= 15 is 0 Å². The highest BCUT2D eigenvalue weighted by atomic mass is 32.2. The van der Waals surface area contributed by atoms with E-state index in [-0.39, 0.29) is 6.10 Å². The molecule has 1 atom stereocenters. The molecule has 1 saturated heterocycles. The monoisotopic (exact) mass is 448 g/mol. The molecular formula is C22H20N6OS2. The molecule has 31 heavy (non-hydrogen) atoms. The highest BCUT2D eigenvalue weighted by molar-refractivity contribution is 7.99. The summed E-state index contributed by atoms with van der Waals surface area (Å²) in [5, 5.41) is 13.1. The molecule has 1 aliphatic heterocycles. The number of aryl methyl sites for hydroxylation is 1. The lowest BCUT2D eigenvalue weighted by atomic mass is 10.1. The topological polar surface area (TPSA) is 81.5 Å². The number of H-pyrrole nitrogens is 1. The second kappa shape index (κ2) is 7.74. The average Bonchev–Trinajstić information content (AvgIpc) is 3.56. The van der Waals surface area contributed by atoms with E-state index in [4.69, 9.17) is 4.74 Å². The number of hydrogen-bond acceptors (Lipinski definition) is 7. The van der Waals surface area contributed by atoms with Gasteiger partial charge in [0.15, 0.2) is 11.0 Å². The van der Waals surface area contributed by atoms with Gasteiger partial charge < -0.3 is 9.72 Å². The number of nitrogens with one attached hydrogen (secondary N) is 1. The van der Waals surface area contributed by atoms with Crippen molar-refractivity contribution in [3.8, 4) is 11.4 Å². The molecule has 4 aromatic heterocycles. The van der Waals surface area contributed by atoms with Crippen LogP contribution >= 0.6 is 23.1 Å². The van der Waals surface area contributed by atoms with Gasteiger partial charge in [-0.05, 0) is 43.7 Å². The smallest absolute Gasteiger partial charge is 0.197 e. The molecule has 5 aromatic rings. The molecule has 1 N–H and O–H groups in total. The third kappa shape index (κ3) is 3.42. The van der Waals surface area contributed by atoms with Crippen molar-refractivity contribution in [3.63, 3.8) is 0 Å². The predicted octanol–water partition coefficient (Wildman–Crippen LogP) is 5.07. The zero-order chi connectivity index (χ0) is 20.8. The zero-order valence-corrected chi connectivity index (χ0v) is 18.5. The minimum absolute atomic E-state index is 0.174. The molecule has 0 spiro atoms. The summed E-state index contributed by atoms with van der Waals surface area (Å²) >= 11 is 3.22. The maximum atomic E-state index is 5.95. The summed E-state index contributed by atoms with van der Waals surface area (Å²) in [6.07, 6.45) is 5.96. The molecule has 0 bridgehead atoms. The van der Waals surface area contributed by atoms with Crippen LogP contribution in [0.3, 0.4) is 0 Å². The first kappa shape index (κ1) is 19.0. The van der Waals surface area contributed by atoms with Crippen molar-refractivity contribution in [1.82, 2.24) is 29.7 Å². The van der Waals surface area contributed by atoms with Crippen molar-refractivity contribution in [2.45, 2.75) is 42.6 Å². The van der Waals surface area contributed by atoms with Crippen LogP contribution in [-0.2, 0) is 11.3 Å². The molecule has 0 aliphatic carbocycles. The van der Waals surface area contributed by atoms with Crippen molar-refractivity contribution < 1.29 is 4.74 Å². The minimum Gasteiger partial charge on any atom is -0.376 e. The summed E-state index contributed by atoms with van der Waals surface area (Å²) in [6.45, 7) is 3.63. The number of fused-ring (bicyclic) bond motifs is 2. The predicted molar refractivity (Wildman–Crippen MR) is 123 cm³/mol. The van der Waals surface area contributed by atoms with Gasteiger partial charge in [0.2, 0.25) is 0 Å². The molecule has 1 unspecified atom stereocenters. The molecule has 1 aromatic carbocycles. The van der Waals surface area contributed by atoms with Crippen LogP contribution in [0, 0.1) is 6.92 Å². The number of ether oxygens (including phenoxy) is 1. The first-order valence-corrected chi connectivity index (χ1v) is 11.9. The summed E-state index contributed by atoms with van der Waals surface area (Å²) in [5.74, 6) is 0.849. The molecular weight excluding hydrogens is 428 g/mol. The quantitative estimate of drug-likeness (QED) is 0.378. The van der Waals surface area contributed by atoms with Crippen molar-refractivity contribution >= 4 is 44.2 Å². The Balaban J connectivity index is 1.45. The summed E-state index contributed by atoms with van der Waals surface area (Å²) < 4.78 is 8.13. The van der Waals surface area contributed by atoms with Gasteiger partial charge in [-0.15, -0.1) is 21.5 Å². The van der Waals surface area contributed by atoms with Crippen LogP contribution < -0.4 is 0 Å².